The predicted octanol–water partition coefficient (Wildman–Crippen LogP) is 13.7. The van der Waals surface area contributed by atoms with Crippen LogP contribution in [0, 0.1) is 0 Å². The minimum absolute atomic E-state index is 0.0273. The number of hydrogen-bond acceptors (Lipinski definition) is 10. The van der Waals surface area contributed by atoms with E-state index in [9.17, 15) is 18.0 Å². The molecule has 14 heteroatoms. The van der Waals surface area contributed by atoms with Crippen molar-refractivity contribution < 1.29 is 37.0 Å². The molecule has 0 radical (unpaired) electrons. The molecule has 1 N–H and O–H groups in total. The predicted molar refractivity (Wildman–Crippen MR) is 267 cm³/mol. The minimum atomic E-state index is -4.15. The Morgan fingerprint density at radius 3 is 1.76 bits per heavy atom. The van der Waals surface area contributed by atoms with Crippen LogP contribution in [0.25, 0.3) is 0 Å². The van der Waals surface area contributed by atoms with Crippen molar-refractivity contribution in [1.29, 1.82) is 0 Å². The Labute approximate surface area is 402 Å². The number of fused-ring (bicyclic) bond motifs is 2. The summed E-state index contributed by atoms with van der Waals surface area (Å²) in [6.45, 7) is 5.08. The highest BCUT2D eigenvalue weighted by Gasteiger charge is 2.41. The van der Waals surface area contributed by atoms with Gasteiger partial charge in [-0.05, 0) is 25.0 Å². The SMILES string of the molecule is CCCCCCCCCCCCCCCCCCN1C(C(C(=O)Nc2cc3c(cc2OCCCCCCCCCCCCCC)OCO3)n2cc(C(=O)OC)cn2)=Nc2ccccc2S1(=O)=O. The van der Waals surface area contributed by atoms with Gasteiger partial charge >= 0.3 is 5.97 Å². The first kappa shape index (κ1) is 53.4. The van der Waals surface area contributed by atoms with Gasteiger partial charge in [-0.2, -0.15) is 5.10 Å². The molecule has 0 saturated heterocycles. The number of anilines is 1. The number of nitrogens with one attached hydrogen (secondary N) is 1. The summed E-state index contributed by atoms with van der Waals surface area (Å²) in [4.78, 5) is 32.5. The molecular formula is C53H81N5O8S. The highest BCUT2D eigenvalue weighted by Crippen LogP contribution is 2.42. The second kappa shape index (κ2) is 30.0. The summed E-state index contributed by atoms with van der Waals surface area (Å²) in [7, 11) is -2.88. The number of benzene rings is 2. The van der Waals surface area contributed by atoms with E-state index < -0.39 is 27.9 Å². The van der Waals surface area contributed by atoms with Gasteiger partial charge in [-0.15, -0.1) is 0 Å². The standard InChI is InChI=1S/C53H81N5O8S/c1-4-6-8-10-12-14-16-18-19-20-21-22-24-26-28-32-36-58-51(55-44-34-30-31-35-49(44)67(58,61)62)50(57-41-43(40-54-57)53(60)63-3)52(59)56-45-38-47-48(66-42-65-47)39-46(45)64-37-33-29-27-25-23-17-15-13-11-9-7-5-2/h30-31,34-35,38-41,50H,4-29,32-33,36-37,42H2,1-3H3,(H,56,59). The van der Waals surface area contributed by atoms with Gasteiger partial charge in [0.1, 0.15) is 10.6 Å². The summed E-state index contributed by atoms with van der Waals surface area (Å²) in [5, 5.41) is 7.42. The minimum Gasteiger partial charge on any atom is -0.491 e. The summed E-state index contributed by atoms with van der Waals surface area (Å²) in [5.41, 5.74) is 0.634. The molecule has 2 aliphatic rings. The molecule has 13 nitrogen and oxygen atoms in total. The van der Waals surface area contributed by atoms with Gasteiger partial charge in [0, 0.05) is 24.9 Å². The van der Waals surface area contributed by atoms with Crippen molar-refractivity contribution in [3.05, 3.63) is 54.4 Å². The third-order valence-electron chi connectivity index (χ3n) is 12.9. The first-order valence-corrected chi connectivity index (χ1v) is 27.4. The fraction of sp³-hybridized carbons (Fsp3) is 0.660. The summed E-state index contributed by atoms with van der Waals surface area (Å²) in [5.74, 6) is 0.00821. The fourth-order valence-electron chi connectivity index (χ4n) is 8.95. The van der Waals surface area contributed by atoms with Gasteiger partial charge < -0.3 is 24.3 Å². The van der Waals surface area contributed by atoms with Crippen molar-refractivity contribution in [2.45, 2.75) is 205 Å². The maximum atomic E-state index is 14.9. The molecule has 67 heavy (non-hydrogen) atoms. The number of aliphatic imine (C=N–C) groups is 1. The van der Waals surface area contributed by atoms with E-state index in [-0.39, 0.29) is 35.3 Å². The smallest absolute Gasteiger partial charge is 0.341 e. The maximum Gasteiger partial charge on any atom is 0.341 e. The summed E-state index contributed by atoms with van der Waals surface area (Å²) in [6, 6.07) is 8.48. The molecule has 1 aromatic heterocycles. The van der Waals surface area contributed by atoms with Crippen molar-refractivity contribution in [1.82, 2.24) is 14.1 Å². The highest BCUT2D eigenvalue weighted by atomic mass is 32.2. The topological polar surface area (TPSA) is 151 Å². The first-order chi connectivity index (χ1) is 32.8. The number of carbonyl (C=O) groups excluding carboxylic acids is 2. The Hall–Kier alpha value is -4.59. The molecular weight excluding hydrogens is 867 g/mol. The van der Waals surface area contributed by atoms with Crippen LogP contribution in [0.1, 0.15) is 210 Å². The van der Waals surface area contributed by atoms with Crippen molar-refractivity contribution in [3.63, 3.8) is 0 Å². The number of para-hydroxylation sites is 1. The van der Waals surface area contributed by atoms with E-state index in [1.54, 1.807) is 30.3 Å². The number of sulfonamides is 1. The Balaban J connectivity index is 1.23. The summed E-state index contributed by atoms with van der Waals surface area (Å²) in [6.07, 6.45) is 36.5. The van der Waals surface area contributed by atoms with E-state index in [2.05, 4.69) is 24.3 Å². The second-order valence-corrected chi connectivity index (χ2v) is 20.2. The Morgan fingerprint density at radius 2 is 1.21 bits per heavy atom. The van der Waals surface area contributed by atoms with Crippen molar-refractivity contribution in [2.75, 3.05) is 32.4 Å². The fourth-order valence-corrected chi connectivity index (χ4v) is 10.6. The molecule has 5 rings (SSSR count). The lowest BCUT2D eigenvalue weighted by atomic mass is 10.0. The van der Waals surface area contributed by atoms with E-state index in [1.807, 2.05) is 0 Å². The number of amides is 1. The lowest BCUT2D eigenvalue weighted by Crippen LogP contribution is -2.47. The molecule has 0 spiro atoms. The lowest BCUT2D eigenvalue weighted by Gasteiger charge is -2.33. The van der Waals surface area contributed by atoms with Crippen LogP contribution in [0.3, 0.4) is 0 Å². The van der Waals surface area contributed by atoms with Crippen LogP contribution in [0.4, 0.5) is 11.4 Å². The number of nitrogens with zero attached hydrogens (tertiary/aromatic N) is 4. The van der Waals surface area contributed by atoms with Crippen molar-refractivity contribution in [2.24, 2.45) is 4.99 Å². The van der Waals surface area contributed by atoms with E-state index in [4.69, 9.17) is 23.9 Å². The molecule has 1 amide bonds. The number of ether oxygens (including phenoxy) is 4. The van der Waals surface area contributed by atoms with Crippen LogP contribution in [-0.4, -0.2) is 67.3 Å². The first-order valence-electron chi connectivity index (χ1n) is 26.0. The summed E-state index contributed by atoms with van der Waals surface area (Å²) < 4.78 is 54.2. The number of rotatable bonds is 36. The Bertz CT molecular complexity index is 2070. The number of unbranched alkanes of at least 4 members (excludes halogenated alkanes) is 26. The molecule has 0 fully saturated rings. The third-order valence-corrected chi connectivity index (χ3v) is 14.8. The van der Waals surface area contributed by atoms with Crippen LogP contribution >= 0.6 is 0 Å². The van der Waals surface area contributed by atoms with Gasteiger partial charge in [-0.1, -0.05) is 193 Å². The zero-order valence-corrected chi connectivity index (χ0v) is 41.9. The third kappa shape index (κ3) is 17.2. The number of hydrogen-bond donors (Lipinski definition) is 1. The number of esters is 1. The van der Waals surface area contributed by atoms with E-state index in [0.29, 0.717) is 36.0 Å². The molecule has 3 aromatic rings. The quantitative estimate of drug-likeness (QED) is 0.0444. The van der Waals surface area contributed by atoms with Crippen molar-refractivity contribution in [3.8, 4) is 17.2 Å². The molecule has 3 heterocycles. The van der Waals surface area contributed by atoms with Crippen LogP contribution in [0.5, 0.6) is 17.2 Å². The lowest BCUT2D eigenvalue weighted by molar-refractivity contribution is -0.117. The maximum absolute atomic E-state index is 14.9. The van der Waals surface area contributed by atoms with Gasteiger partial charge in [0.15, 0.2) is 23.4 Å². The van der Waals surface area contributed by atoms with E-state index in [1.165, 1.54) is 163 Å². The average molecular weight is 948 g/mol. The second-order valence-electron chi connectivity index (χ2n) is 18.3. The Kier molecular flexibility index (Phi) is 23.9. The van der Waals surface area contributed by atoms with Crippen LogP contribution < -0.4 is 19.5 Å². The largest absolute Gasteiger partial charge is 0.491 e. The van der Waals surface area contributed by atoms with Gasteiger partial charge in [0.25, 0.3) is 15.9 Å². The normalized spacial score (nSPS) is 14.1. The molecule has 0 aliphatic carbocycles. The molecule has 0 saturated carbocycles. The van der Waals surface area contributed by atoms with Gasteiger partial charge in [0.05, 0.1) is 36.9 Å². The van der Waals surface area contributed by atoms with E-state index in [0.717, 1.165) is 44.9 Å². The molecule has 1 unspecified atom stereocenters. The molecule has 2 aromatic carbocycles. The number of aromatic nitrogens is 2. The van der Waals surface area contributed by atoms with Crippen LogP contribution in [-0.2, 0) is 19.6 Å². The monoisotopic (exact) mass is 948 g/mol. The van der Waals surface area contributed by atoms with Gasteiger partial charge in [0.2, 0.25) is 6.79 Å². The van der Waals surface area contributed by atoms with E-state index >= 15 is 0 Å². The van der Waals surface area contributed by atoms with Crippen molar-refractivity contribution >= 4 is 39.1 Å². The van der Waals surface area contributed by atoms with Crippen LogP contribution in [0.15, 0.2) is 58.7 Å². The summed E-state index contributed by atoms with van der Waals surface area (Å²) >= 11 is 0. The highest BCUT2D eigenvalue weighted by molar-refractivity contribution is 7.90. The number of carbonyl (C=O) groups is 2. The van der Waals surface area contributed by atoms with Gasteiger partial charge in [-0.25, -0.2) is 18.2 Å². The van der Waals surface area contributed by atoms with Gasteiger partial charge in [-0.3, -0.25) is 13.8 Å². The Morgan fingerprint density at radius 1 is 0.701 bits per heavy atom. The molecule has 1 atom stereocenters. The molecule has 2 aliphatic heterocycles. The number of amidine groups is 1. The zero-order chi connectivity index (χ0) is 47.5. The van der Waals surface area contributed by atoms with Crippen LogP contribution in [0.2, 0.25) is 0 Å². The molecule has 372 valence electrons. The molecule has 0 bridgehead atoms. The number of methoxy groups -OCH3 is 1. The zero-order valence-electron chi connectivity index (χ0n) is 41.1. The average Bonchev–Trinajstić information content (AvgIpc) is 4.01.